The summed E-state index contributed by atoms with van der Waals surface area (Å²) in [7, 11) is 0. The van der Waals surface area contributed by atoms with Crippen LogP contribution in [0.1, 0.15) is 16.8 Å². The molecule has 0 spiro atoms. The van der Waals surface area contributed by atoms with E-state index >= 15 is 0 Å². The van der Waals surface area contributed by atoms with Crippen LogP contribution < -0.4 is 4.74 Å². The van der Waals surface area contributed by atoms with Gasteiger partial charge in [0, 0.05) is 6.42 Å². The second-order valence-electron chi connectivity index (χ2n) is 2.78. The normalized spacial score (nSPS) is 15.1. The quantitative estimate of drug-likeness (QED) is 0.702. The summed E-state index contributed by atoms with van der Waals surface area (Å²) in [6.45, 7) is 0.379. The van der Waals surface area contributed by atoms with E-state index in [1.165, 1.54) is 12.1 Å². The van der Waals surface area contributed by atoms with Gasteiger partial charge >= 0.3 is 0 Å². The van der Waals surface area contributed by atoms with E-state index in [2.05, 4.69) is 15.9 Å². The lowest BCUT2D eigenvalue weighted by Gasteiger charge is -2.16. The molecule has 0 unspecified atom stereocenters. The maximum atomic E-state index is 13.0. The number of rotatable bonds is 0. The summed E-state index contributed by atoms with van der Waals surface area (Å²) in [6, 6.07) is 2.70. The van der Waals surface area contributed by atoms with Crippen molar-refractivity contribution in [2.75, 3.05) is 6.61 Å². The number of hydrogen-bond acceptors (Lipinski definition) is 2. The molecule has 2 rings (SSSR count). The van der Waals surface area contributed by atoms with E-state index in [1.807, 2.05) is 0 Å². The summed E-state index contributed by atoms with van der Waals surface area (Å²) in [5, 5.41) is 0. The Bertz CT molecular complexity index is 376. The number of fused-ring (bicyclic) bond motifs is 1. The Morgan fingerprint density at radius 3 is 3.00 bits per heavy atom. The number of carbonyl (C=O) groups excluding carboxylic acids is 1. The molecule has 1 heterocycles. The van der Waals surface area contributed by atoms with Crippen LogP contribution in [0.5, 0.6) is 5.75 Å². The summed E-state index contributed by atoms with van der Waals surface area (Å²) in [5.74, 6) is -0.0326. The predicted molar refractivity (Wildman–Crippen MR) is 48.5 cm³/mol. The third kappa shape index (κ3) is 1.46. The second kappa shape index (κ2) is 3.10. The molecule has 13 heavy (non-hydrogen) atoms. The van der Waals surface area contributed by atoms with Gasteiger partial charge in [-0.25, -0.2) is 4.39 Å². The zero-order valence-corrected chi connectivity index (χ0v) is 8.23. The number of hydrogen-bond donors (Lipinski definition) is 0. The number of carbonyl (C=O) groups is 1. The zero-order valence-electron chi connectivity index (χ0n) is 6.64. The molecule has 0 aromatic heterocycles. The fourth-order valence-corrected chi connectivity index (χ4v) is 1.58. The summed E-state index contributed by atoms with van der Waals surface area (Å²) in [6.07, 6.45) is 0.327. The molecule has 1 aromatic carbocycles. The molecule has 0 radical (unpaired) electrons. The van der Waals surface area contributed by atoms with Crippen LogP contribution in [0.3, 0.4) is 0 Å². The first-order chi connectivity index (χ1) is 6.18. The Hall–Kier alpha value is -0.900. The van der Waals surface area contributed by atoms with E-state index in [-0.39, 0.29) is 5.78 Å². The zero-order chi connectivity index (χ0) is 9.42. The van der Waals surface area contributed by atoms with Gasteiger partial charge in [-0.15, -0.1) is 0 Å². The molecule has 68 valence electrons. The molecule has 0 fully saturated rings. The molecule has 0 aliphatic carbocycles. The molecule has 1 aromatic rings. The molecular formula is C9H6BrFO2. The highest BCUT2D eigenvalue weighted by Gasteiger charge is 2.20. The van der Waals surface area contributed by atoms with E-state index < -0.39 is 5.82 Å². The number of benzene rings is 1. The van der Waals surface area contributed by atoms with Crippen LogP contribution in [-0.2, 0) is 0 Å². The molecular weight excluding hydrogens is 239 g/mol. The molecule has 4 heteroatoms. The first-order valence-electron chi connectivity index (χ1n) is 3.83. The maximum absolute atomic E-state index is 13.0. The standard InChI is InChI=1S/C9H6BrFO2/c10-6-4-9-5(3-7(6)11)8(12)1-2-13-9/h3-4H,1-2H2. The molecule has 2 nitrogen and oxygen atoms in total. The number of halogens is 2. The van der Waals surface area contributed by atoms with E-state index in [1.54, 1.807) is 0 Å². The Morgan fingerprint density at radius 2 is 2.23 bits per heavy atom. The molecule has 1 aliphatic rings. The van der Waals surface area contributed by atoms with Crippen LogP contribution in [-0.4, -0.2) is 12.4 Å². The van der Waals surface area contributed by atoms with Crippen molar-refractivity contribution < 1.29 is 13.9 Å². The predicted octanol–water partition coefficient (Wildman–Crippen LogP) is 2.55. The van der Waals surface area contributed by atoms with Gasteiger partial charge in [0.1, 0.15) is 11.6 Å². The SMILES string of the molecule is O=C1CCOc2cc(Br)c(F)cc21. The Morgan fingerprint density at radius 1 is 1.46 bits per heavy atom. The molecule has 0 saturated carbocycles. The number of ketones is 1. The molecule has 0 bridgehead atoms. The van der Waals surface area contributed by atoms with Crippen molar-refractivity contribution in [2.45, 2.75) is 6.42 Å². The van der Waals surface area contributed by atoms with Crippen molar-refractivity contribution in [3.05, 3.63) is 28.0 Å². The monoisotopic (exact) mass is 244 g/mol. The Kier molecular flexibility index (Phi) is 2.07. The van der Waals surface area contributed by atoms with Gasteiger partial charge in [0.2, 0.25) is 0 Å². The second-order valence-corrected chi connectivity index (χ2v) is 3.64. The third-order valence-corrected chi connectivity index (χ3v) is 2.52. The highest BCUT2D eigenvalue weighted by molar-refractivity contribution is 9.10. The van der Waals surface area contributed by atoms with E-state index in [0.717, 1.165) is 0 Å². The minimum atomic E-state index is -0.433. The number of ether oxygens (including phenoxy) is 1. The summed E-state index contributed by atoms with van der Waals surface area (Å²) >= 11 is 3.03. The van der Waals surface area contributed by atoms with E-state index in [4.69, 9.17) is 4.74 Å². The lowest BCUT2D eigenvalue weighted by atomic mass is 10.1. The maximum Gasteiger partial charge on any atom is 0.170 e. The van der Waals surface area contributed by atoms with Crippen LogP contribution in [0, 0.1) is 5.82 Å². The van der Waals surface area contributed by atoms with Gasteiger partial charge < -0.3 is 4.74 Å². The highest BCUT2D eigenvalue weighted by atomic mass is 79.9. The van der Waals surface area contributed by atoms with Gasteiger partial charge in [0.15, 0.2) is 5.78 Å². The van der Waals surface area contributed by atoms with Crippen LogP contribution in [0.2, 0.25) is 0 Å². The van der Waals surface area contributed by atoms with Crippen molar-refractivity contribution in [3.8, 4) is 5.75 Å². The van der Waals surface area contributed by atoms with Crippen molar-refractivity contribution in [1.82, 2.24) is 0 Å². The summed E-state index contributed by atoms with van der Waals surface area (Å²) in [5.41, 5.74) is 0.340. The molecule has 0 atom stereocenters. The van der Waals surface area contributed by atoms with Crippen LogP contribution >= 0.6 is 15.9 Å². The highest BCUT2D eigenvalue weighted by Crippen LogP contribution is 2.30. The fourth-order valence-electron chi connectivity index (χ4n) is 1.25. The first-order valence-corrected chi connectivity index (χ1v) is 4.63. The van der Waals surface area contributed by atoms with Crippen molar-refractivity contribution in [1.29, 1.82) is 0 Å². The van der Waals surface area contributed by atoms with Crippen molar-refractivity contribution in [3.63, 3.8) is 0 Å². The van der Waals surface area contributed by atoms with Gasteiger partial charge in [0.25, 0.3) is 0 Å². The van der Waals surface area contributed by atoms with E-state index in [9.17, 15) is 9.18 Å². The van der Waals surface area contributed by atoms with Gasteiger partial charge in [-0.2, -0.15) is 0 Å². The Labute approximate surface area is 82.8 Å². The largest absolute Gasteiger partial charge is 0.492 e. The minimum absolute atomic E-state index is 0.0624. The minimum Gasteiger partial charge on any atom is -0.492 e. The smallest absolute Gasteiger partial charge is 0.170 e. The molecule has 0 N–H and O–H groups in total. The van der Waals surface area contributed by atoms with Gasteiger partial charge in [-0.1, -0.05) is 0 Å². The summed E-state index contributed by atoms with van der Waals surface area (Å²) in [4.78, 5) is 11.3. The lowest BCUT2D eigenvalue weighted by Crippen LogP contribution is -2.15. The third-order valence-electron chi connectivity index (χ3n) is 1.91. The fraction of sp³-hybridized carbons (Fsp3) is 0.222. The van der Waals surface area contributed by atoms with Gasteiger partial charge in [-0.05, 0) is 28.1 Å². The average Bonchev–Trinajstić information content (AvgIpc) is 2.09. The summed E-state index contributed by atoms with van der Waals surface area (Å²) < 4.78 is 18.6. The topological polar surface area (TPSA) is 26.3 Å². The van der Waals surface area contributed by atoms with Crippen LogP contribution in [0.4, 0.5) is 4.39 Å². The van der Waals surface area contributed by atoms with E-state index in [0.29, 0.717) is 28.8 Å². The molecule has 1 aliphatic heterocycles. The first kappa shape index (κ1) is 8.69. The molecule has 0 amide bonds. The Balaban J connectivity index is 2.58. The average molecular weight is 245 g/mol. The molecule has 0 saturated heterocycles. The van der Waals surface area contributed by atoms with Crippen molar-refractivity contribution in [2.24, 2.45) is 0 Å². The van der Waals surface area contributed by atoms with Gasteiger partial charge in [0.05, 0.1) is 16.6 Å². The van der Waals surface area contributed by atoms with Gasteiger partial charge in [-0.3, -0.25) is 4.79 Å². The van der Waals surface area contributed by atoms with Crippen LogP contribution in [0.15, 0.2) is 16.6 Å². The van der Waals surface area contributed by atoms with Crippen molar-refractivity contribution >= 4 is 21.7 Å². The van der Waals surface area contributed by atoms with Crippen LogP contribution in [0.25, 0.3) is 0 Å². The lowest BCUT2D eigenvalue weighted by molar-refractivity contribution is 0.0932. The number of Topliss-reactive ketones (excluding diaryl/α,β-unsaturated/α-hetero) is 1.